The molecule has 24 heavy (non-hydrogen) atoms. The van der Waals surface area contributed by atoms with Gasteiger partial charge >= 0.3 is 6.18 Å². The van der Waals surface area contributed by atoms with Gasteiger partial charge in [0.1, 0.15) is 12.0 Å². The van der Waals surface area contributed by atoms with Gasteiger partial charge in [0.15, 0.2) is 5.65 Å². The van der Waals surface area contributed by atoms with Crippen LogP contribution in [0, 0.1) is 6.92 Å². The van der Waals surface area contributed by atoms with Crippen LogP contribution in [-0.4, -0.2) is 21.1 Å². The Labute approximate surface area is 134 Å². The number of benzene rings is 1. The van der Waals surface area contributed by atoms with Gasteiger partial charge in [-0.1, -0.05) is 0 Å². The highest BCUT2D eigenvalue weighted by molar-refractivity contribution is 5.83. The van der Waals surface area contributed by atoms with Crippen LogP contribution in [0.25, 0.3) is 11.0 Å². The Hall–Kier alpha value is -2.90. The molecule has 0 bridgehead atoms. The molecule has 0 amide bonds. The monoisotopic (exact) mass is 335 g/mol. The lowest BCUT2D eigenvalue weighted by atomic mass is 10.1. The Kier molecular flexibility index (Phi) is 3.75. The van der Waals surface area contributed by atoms with Gasteiger partial charge in [0.25, 0.3) is 0 Å². The Morgan fingerprint density at radius 2 is 1.88 bits per heavy atom. The van der Waals surface area contributed by atoms with Crippen LogP contribution in [-0.2, 0) is 13.2 Å². The molecule has 0 aliphatic heterocycles. The molecule has 0 aliphatic rings. The molecule has 5 nitrogen and oxygen atoms in total. The van der Waals surface area contributed by atoms with Crippen molar-refractivity contribution < 1.29 is 22.7 Å². The molecule has 0 N–H and O–H groups in total. The highest BCUT2D eigenvalue weighted by atomic mass is 19.4. The fraction of sp³-hybridized carbons (Fsp3) is 0.188. The predicted octanol–water partition coefficient (Wildman–Crippen LogP) is 3.90. The molecule has 0 saturated heterocycles. The van der Waals surface area contributed by atoms with Gasteiger partial charge < -0.3 is 4.74 Å². The number of aryl methyl sites for hydroxylation is 2. The highest BCUT2D eigenvalue weighted by Gasteiger charge is 2.35. The quantitative estimate of drug-likeness (QED) is 0.681. The third-order valence-electron chi connectivity index (χ3n) is 3.49. The second kappa shape index (κ2) is 5.63. The van der Waals surface area contributed by atoms with Gasteiger partial charge in [-0.2, -0.15) is 23.3 Å². The lowest BCUT2D eigenvalue weighted by Crippen LogP contribution is -2.07. The van der Waals surface area contributed by atoms with E-state index in [2.05, 4.69) is 10.1 Å². The van der Waals surface area contributed by atoms with Gasteiger partial charge in [-0.25, -0.2) is 0 Å². The molecular weight excluding hydrogens is 323 g/mol. The second-order valence-corrected chi connectivity index (χ2v) is 5.20. The largest absolute Gasteiger partial charge is 0.439 e. The molecule has 0 saturated carbocycles. The molecule has 124 valence electrons. The van der Waals surface area contributed by atoms with E-state index in [0.717, 1.165) is 6.07 Å². The van der Waals surface area contributed by atoms with Crippen LogP contribution in [0.5, 0.6) is 11.6 Å². The lowest BCUT2D eigenvalue weighted by molar-refractivity contribution is -0.136. The number of aldehydes is 1. The summed E-state index contributed by atoms with van der Waals surface area (Å²) in [5.41, 5.74) is -0.0855. The fourth-order valence-electron chi connectivity index (χ4n) is 2.43. The number of hydrogen-bond donors (Lipinski definition) is 0. The third kappa shape index (κ3) is 2.82. The summed E-state index contributed by atoms with van der Waals surface area (Å²) in [7, 11) is 1.52. The summed E-state index contributed by atoms with van der Waals surface area (Å²) >= 11 is 0. The molecule has 0 aliphatic carbocycles. The van der Waals surface area contributed by atoms with E-state index in [1.165, 1.54) is 42.9 Å². The highest BCUT2D eigenvalue weighted by Crippen LogP contribution is 2.38. The zero-order valence-corrected chi connectivity index (χ0v) is 12.8. The van der Waals surface area contributed by atoms with Crippen molar-refractivity contribution in [2.24, 2.45) is 7.05 Å². The van der Waals surface area contributed by atoms with E-state index in [1.54, 1.807) is 0 Å². The number of alkyl halides is 3. The Morgan fingerprint density at radius 3 is 2.46 bits per heavy atom. The number of nitrogens with zero attached hydrogens (tertiary/aromatic N) is 3. The Morgan fingerprint density at radius 1 is 1.21 bits per heavy atom. The summed E-state index contributed by atoms with van der Waals surface area (Å²) in [5, 5.41) is 3.95. The number of carbonyl (C=O) groups excluding carboxylic acids is 1. The average molecular weight is 335 g/mol. The minimum Gasteiger partial charge on any atom is -0.439 e. The first-order chi connectivity index (χ1) is 11.3. The zero-order chi connectivity index (χ0) is 17.5. The minimum atomic E-state index is -4.56. The predicted molar refractivity (Wildman–Crippen MR) is 80.2 cm³/mol. The van der Waals surface area contributed by atoms with Crippen LogP contribution >= 0.6 is 0 Å². The van der Waals surface area contributed by atoms with E-state index in [4.69, 9.17) is 4.74 Å². The summed E-state index contributed by atoms with van der Waals surface area (Å²) in [6, 6.07) is 6.82. The molecule has 3 aromatic rings. The fourth-order valence-corrected chi connectivity index (χ4v) is 2.43. The van der Waals surface area contributed by atoms with Crippen molar-refractivity contribution in [3.8, 4) is 11.6 Å². The molecule has 2 heterocycles. The number of fused-ring (bicyclic) bond motifs is 1. The average Bonchev–Trinajstić information content (AvgIpc) is 2.81. The van der Waals surface area contributed by atoms with Crippen LogP contribution in [0.2, 0.25) is 0 Å². The van der Waals surface area contributed by atoms with Crippen molar-refractivity contribution in [3.63, 3.8) is 0 Å². The van der Waals surface area contributed by atoms with Crippen molar-refractivity contribution >= 4 is 17.3 Å². The molecule has 0 fully saturated rings. The van der Waals surface area contributed by atoms with E-state index in [1.807, 2.05) is 0 Å². The van der Waals surface area contributed by atoms with Gasteiger partial charge in [0, 0.05) is 18.7 Å². The maximum atomic E-state index is 13.4. The third-order valence-corrected chi connectivity index (χ3v) is 3.49. The van der Waals surface area contributed by atoms with Gasteiger partial charge in [0.05, 0.1) is 16.6 Å². The molecule has 0 unspecified atom stereocenters. The smallest absolute Gasteiger partial charge is 0.417 e. The molecule has 3 rings (SSSR count). The minimum absolute atomic E-state index is 0.0475. The van der Waals surface area contributed by atoms with Gasteiger partial charge in [0.2, 0.25) is 5.88 Å². The van der Waals surface area contributed by atoms with Crippen molar-refractivity contribution in [3.05, 3.63) is 47.2 Å². The summed E-state index contributed by atoms with van der Waals surface area (Å²) in [5.74, 6) is 0.0798. The first-order valence-corrected chi connectivity index (χ1v) is 6.94. The number of carbonyl (C=O) groups is 1. The maximum Gasteiger partial charge on any atom is 0.417 e. The molecule has 0 atom stereocenters. The second-order valence-electron chi connectivity index (χ2n) is 5.20. The number of halogens is 3. The maximum absolute atomic E-state index is 13.4. The van der Waals surface area contributed by atoms with Crippen molar-refractivity contribution in [1.29, 1.82) is 0 Å². The summed E-state index contributed by atoms with van der Waals surface area (Å²) in [4.78, 5) is 14.7. The number of aromatic nitrogens is 3. The number of hydrogen-bond acceptors (Lipinski definition) is 4. The summed E-state index contributed by atoms with van der Waals surface area (Å²) in [6.07, 6.45) is -3.90. The molecule has 0 spiro atoms. The zero-order valence-electron chi connectivity index (χ0n) is 12.8. The Bertz CT molecular complexity index is 915. The normalized spacial score (nSPS) is 11.7. The van der Waals surface area contributed by atoms with Gasteiger partial charge in [-0.15, -0.1) is 0 Å². The van der Waals surface area contributed by atoms with E-state index < -0.39 is 11.7 Å². The SMILES string of the molecule is Cc1nn(C)c2nc(Oc3ccc(C=O)cc3)cc(C(F)(F)F)c12. The van der Waals surface area contributed by atoms with Gasteiger partial charge in [-0.05, 0) is 31.2 Å². The molecule has 2 aromatic heterocycles. The number of rotatable bonds is 3. The molecular formula is C16H12F3N3O2. The first kappa shape index (κ1) is 16.0. The topological polar surface area (TPSA) is 57.0 Å². The van der Waals surface area contributed by atoms with E-state index >= 15 is 0 Å². The van der Waals surface area contributed by atoms with Crippen molar-refractivity contribution in [2.75, 3.05) is 0 Å². The van der Waals surface area contributed by atoms with Crippen LogP contribution < -0.4 is 4.74 Å². The summed E-state index contributed by atoms with van der Waals surface area (Å²) in [6.45, 7) is 1.50. The van der Waals surface area contributed by atoms with E-state index in [-0.39, 0.29) is 28.4 Å². The number of pyridine rings is 1. The van der Waals surface area contributed by atoms with E-state index in [9.17, 15) is 18.0 Å². The van der Waals surface area contributed by atoms with E-state index in [0.29, 0.717) is 11.8 Å². The Balaban J connectivity index is 2.11. The van der Waals surface area contributed by atoms with Gasteiger partial charge in [-0.3, -0.25) is 9.48 Å². The molecule has 0 radical (unpaired) electrons. The van der Waals surface area contributed by atoms with Crippen LogP contribution in [0.1, 0.15) is 21.6 Å². The van der Waals surface area contributed by atoms with Crippen molar-refractivity contribution in [2.45, 2.75) is 13.1 Å². The standard InChI is InChI=1S/C16H12F3N3O2/c1-9-14-12(16(17,18)19)7-13(20-15(14)22(2)21-9)24-11-5-3-10(8-23)4-6-11/h3-8H,1-2H3. The molecule has 8 heteroatoms. The molecule has 1 aromatic carbocycles. The van der Waals surface area contributed by atoms with Crippen LogP contribution in [0.4, 0.5) is 13.2 Å². The first-order valence-electron chi connectivity index (χ1n) is 6.94. The van der Waals surface area contributed by atoms with Crippen LogP contribution in [0.15, 0.2) is 30.3 Å². The van der Waals surface area contributed by atoms with Crippen molar-refractivity contribution in [1.82, 2.24) is 14.8 Å². The van der Waals surface area contributed by atoms with Crippen LogP contribution in [0.3, 0.4) is 0 Å². The summed E-state index contributed by atoms with van der Waals surface area (Å²) < 4.78 is 46.8. The number of ether oxygens (including phenoxy) is 1. The lowest BCUT2D eigenvalue weighted by Gasteiger charge is -2.11.